The van der Waals surface area contributed by atoms with Crippen LogP contribution in [0, 0.1) is 0 Å². The lowest BCUT2D eigenvalue weighted by Crippen LogP contribution is -2.25. The molecule has 0 saturated carbocycles. The molecule has 0 fully saturated rings. The minimum Gasteiger partial charge on any atom is -0.427 e. The van der Waals surface area contributed by atoms with Gasteiger partial charge in [-0.3, -0.25) is 0 Å². The molecular formula is C7H20N2OSi. The van der Waals surface area contributed by atoms with E-state index in [1.807, 2.05) is 6.92 Å². The zero-order chi connectivity index (χ0) is 8.69. The molecule has 0 aliphatic carbocycles. The zero-order valence-corrected chi connectivity index (χ0v) is 8.96. The molecule has 11 heavy (non-hydrogen) atoms. The Hall–Kier alpha value is 0.0969. The fraction of sp³-hybridized carbons (Fsp3) is 1.00. The molecule has 4 N–H and O–H groups in total. The van der Waals surface area contributed by atoms with Gasteiger partial charge in [0.05, 0.1) is 0 Å². The van der Waals surface area contributed by atoms with Crippen molar-refractivity contribution in [3.05, 3.63) is 0 Å². The number of rotatable bonds is 6. The van der Waals surface area contributed by atoms with E-state index in [0.29, 0.717) is 6.04 Å². The molecule has 2 atom stereocenters. The molecule has 0 aliphatic rings. The molecule has 0 aromatic heterocycles. The first-order valence-electron chi connectivity index (χ1n) is 4.17. The second-order valence-electron chi connectivity index (χ2n) is 3.10. The Morgan fingerprint density at radius 1 is 1.36 bits per heavy atom. The maximum Gasteiger partial charge on any atom is 0.162 e. The van der Waals surface area contributed by atoms with Gasteiger partial charge in [0.15, 0.2) is 9.76 Å². The van der Waals surface area contributed by atoms with Gasteiger partial charge in [-0.15, -0.1) is 0 Å². The largest absolute Gasteiger partial charge is 0.427 e. The Morgan fingerprint density at radius 3 is 2.45 bits per heavy atom. The van der Waals surface area contributed by atoms with E-state index >= 15 is 0 Å². The summed E-state index contributed by atoms with van der Waals surface area (Å²) in [6.07, 6.45) is 2.06. The summed E-state index contributed by atoms with van der Waals surface area (Å²) in [5, 5.41) is 0. The smallest absolute Gasteiger partial charge is 0.162 e. The van der Waals surface area contributed by atoms with Crippen molar-refractivity contribution in [2.24, 2.45) is 11.5 Å². The summed E-state index contributed by atoms with van der Waals surface area (Å²) in [6.45, 7) is 2.01. The highest BCUT2D eigenvalue weighted by Gasteiger charge is 2.03. The average molecular weight is 176 g/mol. The second kappa shape index (κ2) is 6.79. The van der Waals surface area contributed by atoms with Crippen LogP contribution in [0.3, 0.4) is 0 Å². The van der Waals surface area contributed by atoms with Crippen LogP contribution >= 0.6 is 0 Å². The van der Waals surface area contributed by atoms with Gasteiger partial charge in [-0.2, -0.15) is 0 Å². The van der Waals surface area contributed by atoms with E-state index < -0.39 is 0 Å². The maximum atomic E-state index is 5.81. The third-order valence-electron chi connectivity index (χ3n) is 1.69. The van der Waals surface area contributed by atoms with Gasteiger partial charge < -0.3 is 15.9 Å². The molecule has 68 valence electrons. The Bertz CT molecular complexity index is 90.5. The van der Waals surface area contributed by atoms with Crippen LogP contribution in [0.5, 0.6) is 0 Å². The van der Waals surface area contributed by atoms with E-state index in [4.69, 9.17) is 15.9 Å². The lowest BCUT2D eigenvalue weighted by Gasteiger charge is -2.11. The van der Waals surface area contributed by atoms with Crippen molar-refractivity contribution >= 4 is 9.76 Å². The Kier molecular flexibility index (Phi) is 6.85. The van der Waals surface area contributed by atoms with Crippen LogP contribution in [0.1, 0.15) is 19.8 Å². The van der Waals surface area contributed by atoms with E-state index in [1.54, 1.807) is 7.11 Å². The quantitative estimate of drug-likeness (QED) is 0.541. The van der Waals surface area contributed by atoms with Gasteiger partial charge in [-0.25, -0.2) is 0 Å². The van der Waals surface area contributed by atoms with Crippen LogP contribution in [0.4, 0.5) is 0 Å². The summed E-state index contributed by atoms with van der Waals surface area (Å²) in [5.74, 6) is 0. The molecule has 3 nitrogen and oxygen atoms in total. The monoisotopic (exact) mass is 176 g/mol. The second-order valence-corrected chi connectivity index (χ2v) is 4.66. The first-order valence-corrected chi connectivity index (χ1v) is 5.74. The molecule has 4 heteroatoms. The summed E-state index contributed by atoms with van der Waals surface area (Å²) < 4.78 is 5.05. The van der Waals surface area contributed by atoms with Crippen molar-refractivity contribution in [1.82, 2.24) is 0 Å². The summed E-state index contributed by atoms with van der Waals surface area (Å²) >= 11 is 0. The number of hydrogen-bond donors (Lipinski definition) is 2. The standard InChI is InChI=1S/C7H20N2OSi/c1-6(8)3-4-7(9)5-11-10-2/h6-7H,3-5,8-9,11H2,1-2H3. The maximum absolute atomic E-state index is 5.81. The molecule has 0 saturated heterocycles. The molecular weight excluding hydrogens is 156 g/mol. The van der Waals surface area contributed by atoms with Gasteiger partial charge in [0.25, 0.3) is 0 Å². The van der Waals surface area contributed by atoms with Crippen LogP contribution in [-0.4, -0.2) is 29.0 Å². The minimum absolute atomic E-state index is 0.283. The SMILES string of the molecule is CO[SiH2]CC(N)CCC(C)N. The molecule has 0 bridgehead atoms. The lowest BCUT2D eigenvalue weighted by atomic mass is 10.1. The van der Waals surface area contributed by atoms with Crippen molar-refractivity contribution in [3.63, 3.8) is 0 Å². The minimum atomic E-state index is -0.336. The van der Waals surface area contributed by atoms with E-state index in [9.17, 15) is 0 Å². The molecule has 0 radical (unpaired) electrons. The fourth-order valence-electron chi connectivity index (χ4n) is 0.891. The van der Waals surface area contributed by atoms with Gasteiger partial charge in [0, 0.05) is 19.2 Å². The van der Waals surface area contributed by atoms with Gasteiger partial charge in [0.1, 0.15) is 0 Å². The fourth-order valence-corrected chi connectivity index (χ4v) is 1.72. The van der Waals surface area contributed by atoms with Crippen molar-refractivity contribution in [1.29, 1.82) is 0 Å². The molecule has 0 aromatic rings. The third kappa shape index (κ3) is 8.00. The number of nitrogens with two attached hydrogens (primary N) is 2. The molecule has 0 rings (SSSR count). The Morgan fingerprint density at radius 2 is 2.00 bits per heavy atom. The molecule has 0 heterocycles. The van der Waals surface area contributed by atoms with E-state index in [1.165, 1.54) is 0 Å². The van der Waals surface area contributed by atoms with E-state index in [2.05, 4.69) is 0 Å². The van der Waals surface area contributed by atoms with Crippen LogP contribution < -0.4 is 11.5 Å². The highest BCUT2D eigenvalue weighted by Crippen LogP contribution is 2.00. The van der Waals surface area contributed by atoms with Gasteiger partial charge >= 0.3 is 0 Å². The first kappa shape index (κ1) is 11.1. The van der Waals surface area contributed by atoms with Crippen LogP contribution in [-0.2, 0) is 4.43 Å². The van der Waals surface area contributed by atoms with Crippen molar-refractivity contribution in [3.8, 4) is 0 Å². The summed E-state index contributed by atoms with van der Waals surface area (Å²) in [4.78, 5) is 0. The van der Waals surface area contributed by atoms with Crippen molar-refractivity contribution < 1.29 is 4.43 Å². The average Bonchev–Trinajstić information content (AvgIpc) is 1.97. The van der Waals surface area contributed by atoms with E-state index in [-0.39, 0.29) is 15.8 Å². The summed E-state index contributed by atoms with van der Waals surface area (Å²) in [5.41, 5.74) is 11.4. The Balaban J connectivity index is 3.15. The predicted molar refractivity (Wildman–Crippen MR) is 51.2 cm³/mol. The molecule has 2 unspecified atom stereocenters. The zero-order valence-electron chi connectivity index (χ0n) is 7.55. The van der Waals surface area contributed by atoms with Crippen LogP contribution in [0.15, 0.2) is 0 Å². The number of hydrogen-bond acceptors (Lipinski definition) is 3. The highest BCUT2D eigenvalue weighted by molar-refractivity contribution is 6.27. The normalized spacial score (nSPS) is 17.5. The molecule has 0 aromatic carbocycles. The molecule has 0 spiro atoms. The van der Waals surface area contributed by atoms with Crippen LogP contribution in [0.25, 0.3) is 0 Å². The van der Waals surface area contributed by atoms with Gasteiger partial charge in [-0.1, -0.05) is 0 Å². The van der Waals surface area contributed by atoms with Crippen molar-refractivity contribution in [2.45, 2.75) is 37.9 Å². The summed E-state index contributed by atoms with van der Waals surface area (Å²) in [6, 6.07) is 1.67. The van der Waals surface area contributed by atoms with E-state index in [0.717, 1.165) is 18.9 Å². The van der Waals surface area contributed by atoms with Gasteiger partial charge in [0.2, 0.25) is 0 Å². The first-order chi connectivity index (χ1) is 5.16. The van der Waals surface area contributed by atoms with Crippen LogP contribution in [0.2, 0.25) is 6.04 Å². The summed E-state index contributed by atoms with van der Waals surface area (Å²) in [7, 11) is 1.42. The van der Waals surface area contributed by atoms with Crippen molar-refractivity contribution in [2.75, 3.05) is 7.11 Å². The topological polar surface area (TPSA) is 61.3 Å². The predicted octanol–water partition coefficient (Wildman–Crippen LogP) is -0.410. The Labute approximate surface area is 71.4 Å². The molecule has 0 aliphatic heterocycles. The van der Waals surface area contributed by atoms with Gasteiger partial charge in [-0.05, 0) is 25.8 Å². The highest BCUT2D eigenvalue weighted by atomic mass is 28.2. The lowest BCUT2D eigenvalue weighted by molar-refractivity contribution is 0.433. The third-order valence-corrected chi connectivity index (χ3v) is 3.07. The molecule has 0 amide bonds.